The van der Waals surface area contributed by atoms with Crippen molar-refractivity contribution in [1.29, 1.82) is 0 Å². The fourth-order valence-electron chi connectivity index (χ4n) is 2.46. The average Bonchev–Trinajstić information content (AvgIpc) is 2.60. The summed E-state index contributed by atoms with van der Waals surface area (Å²) in [6, 6.07) is 0.579. The van der Waals surface area contributed by atoms with E-state index in [-0.39, 0.29) is 0 Å². The van der Waals surface area contributed by atoms with Crippen LogP contribution in [0.15, 0.2) is 6.33 Å². The summed E-state index contributed by atoms with van der Waals surface area (Å²) >= 11 is 0. The summed E-state index contributed by atoms with van der Waals surface area (Å²) in [5.41, 5.74) is 1.11. The summed E-state index contributed by atoms with van der Waals surface area (Å²) in [4.78, 5) is 8.56. The number of anilines is 2. The Hall–Kier alpha value is -1.32. The van der Waals surface area contributed by atoms with Crippen LogP contribution in [-0.2, 0) is 0 Å². The molecule has 0 bridgehead atoms. The number of aromatic nitrogens is 2. The molecule has 4 heteroatoms. The van der Waals surface area contributed by atoms with E-state index >= 15 is 0 Å². The van der Waals surface area contributed by atoms with Gasteiger partial charge in [-0.15, -0.1) is 0 Å². The predicted molar refractivity (Wildman–Crippen MR) is 71.4 cm³/mol. The maximum Gasteiger partial charge on any atom is 0.134 e. The van der Waals surface area contributed by atoms with Gasteiger partial charge < -0.3 is 10.6 Å². The minimum atomic E-state index is 0.579. The van der Waals surface area contributed by atoms with Crippen LogP contribution in [0.1, 0.15) is 44.1 Å². The van der Waals surface area contributed by atoms with Crippen molar-refractivity contribution in [3.63, 3.8) is 0 Å². The van der Waals surface area contributed by atoms with Gasteiger partial charge in [0.05, 0.1) is 0 Å². The minimum Gasteiger partial charge on any atom is -0.373 e. The van der Waals surface area contributed by atoms with Gasteiger partial charge in [-0.05, 0) is 19.8 Å². The number of nitrogens with zero attached hydrogens (tertiary/aromatic N) is 2. The van der Waals surface area contributed by atoms with E-state index in [1.54, 1.807) is 6.33 Å². The van der Waals surface area contributed by atoms with Crippen molar-refractivity contribution in [3.05, 3.63) is 11.9 Å². The second kappa shape index (κ2) is 5.84. The summed E-state index contributed by atoms with van der Waals surface area (Å²) < 4.78 is 0. The molecule has 1 saturated carbocycles. The molecule has 1 aliphatic carbocycles. The Labute approximate surface area is 103 Å². The summed E-state index contributed by atoms with van der Waals surface area (Å²) in [5, 5.41) is 6.67. The van der Waals surface area contributed by atoms with Crippen LogP contribution in [0.5, 0.6) is 0 Å². The van der Waals surface area contributed by atoms with Gasteiger partial charge in [-0.3, -0.25) is 0 Å². The zero-order valence-corrected chi connectivity index (χ0v) is 10.8. The van der Waals surface area contributed by atoms with E-state index in [2.05, 4.69) is 27.5 Å². The normalized spacial score (nSPS) is 17.5. The molecule has 2 N–H and O–H groups in total. The highest BCUT2D eigenvalue weighted by Crippen LogP contribution is 2.23. The van der Waals surface area contributed by atoms with Crippen LogP contribution in [0.3, 0.4) is 0 Å². The number of hydrogen-bond donors (Lipinski definition) is 2. The molecule has 0 saturated heterocycles. The average molecular weight is 234 g/mol. The molecule has 0 aliphatic heterocycles. The molecule has 4 nitrogen and oxygen atoms in total. The summed E-state index contributed by atoms with van der Waals surface area (Å²) in [7, 11) is 1.89. The number of nitrogens with one attached hydrogen (secondary N) is 2. The van der Waals surface area contributed by atoms with Crippen molar-refractivity contribution in [2.24, 2.45) is 0 Å². The molecule has 0 atom stereocenters. The maximum atomic E-state index is 4.35. The van der Waals surface area contributed by atoms with Crippen molar-refractivity contribution < 1.29 is 0 Å². The lowest BCUT2D eigenvalue weighted by molar-refractivity contribution is 0.617. The topological polar surface area (TPSA) is 49.8 Å². The van der Waals surface area contributed by atoms with E-state index in [0.717, 1.165) is 17.2 Å². The van der Waals surface area contributed by atoms with Crippen LogP contribution in [0, 0.1) is 6.92 Å². The fraction of sp³-hybridized carbons (Fsp3) is 0.692. The zero-order valence-electron chi connectivity index (χ0n) is 10.8. The molecule has 1 aromatic rings. The van der Waals surface area contributed by atoms with Crippen LogP contribution in [0.4, 0.5) is 11.6 Å². The van der Waals surface area contributed by atoms with Gasteiger partial charge in [-0.1, -0.05) is 25.7 Å². The smallest absolute Gasteiger partial charge is 0.134 e. The monoisotopic (exact) mass is 234 g/mol. The molecule has 1 aliphatic rings. The summed E-state index contributed by atoms with van der Waals surface area (Å²) in [5.74, 6) is 1.90. The van der Waals surface area contributed by atoms with E-state index < -0.39 is 0 Å². The van der Waals surface area contributed by atoms with E-state index in [1.165, 1.54) is 38.5 Å². The Morgan fingerprint density at radius 1 is 1.06 bits per heavy atom. The SMILES string of the molecule is CNc1ncnc(NC2CCCCCC2)c1C. The fourth-order valence-corrected chi connectivity index (χ4v) is 2.46. The van der Waals surface area contributed by atoms with E-state index in [0.29, 0.717) is 6.04 Å². The second-order valence-corrected chi connectivity index (χ2v) is 4.78. The molecule has 0 spiro atoms. The molecule has 0 amide bonds. The lowest BCUT2D eigenvalue weighted by atomic mass is 10.1. The van der Waals surface area contributed by atoms with Gasteiger partial charge in [0.15, 0.2) is 0 Å². The molecule has 17 heavy (non-hydrogen) atoms. The molecular formula is C13H22N4. The predicted octanol–water partition coefficient (Wildman–Crippen LogP) is 2.96. The largest absolute Gasteiger partial charge is 0.373 e. The van der Waals surface area contributed by atoms with E-state index in [9.17, 15) is 0 Å². The third kappa shape index (κ3) is 3.08. The van der Waals surface area contributed by atoms with Crippen molar-refractivity contribution in [3.8, 4) is 0 Å². The summed E-state index contributed by atoms with van der Waals surface area (Å²) in [6.45, 7) is 2.06. The quantitative estimate of drug-likeness (QED) is 0.789. The van der Waals surface area contributed by atoms with Gasteiger partial charge in [0.25, 0.3) is 0 Å². The Kier molecular flexibility index (Phi) is 4.18. The Balaban J connectivity index is 2.06. The van der Waals surface area contributed by atoms with Crippen LogP contribution in [0.2, 0.25) is 0 Å². The van der Waals surface area contributed by atoms with Gasteiger partial charge in [0, 0.05) is 18.7 Å². The Morgan fingerprint density at radius 2 is 1.71 bits per heavy atom. The van der Waals surface area contributed by atoms with Crippen molar-refractivity contribution in [2.45, 2.75) is 51.5 Å². The van der Waals surface area contributed by atoms with Crippen LogP contribution >= 0.6 is 0 Å². The summed E-state index contributed by atoms with van der Waals surface area (Å²) in [6.07, 6.45) is 9.57. The molecule has 0 unspecified atom stereocenters. The molecule has 2 rings (SSSR count). The maximum absolute atomic E-state index is 4.35. The second-order valence-electron chi connectivity index (χ2n) is 4.78. The van der Waals surface area contributed by atoms with Crippen LogP contribution in [-0.4, -0.2) is 23.1 Å². The standard InChI is InChI=1S/C13H22N4/c1-10-12(14-2)15-9-16-13(10)17-11-7-5-3-4-6-8-11/h9,11H,3-8H2,1-2H3,(H2,14,15,16,17). The van der Waals surface area contributed by atoms with E-state index in [1.807, 2.05) is 7.05 Å². The first-order valence-electron chi connectivity index (χ1n) is 6.57. The first-order valence-corrected chi connectivity index (χ1v) is 6.57. The molecule has 1 aromatic heterocycles. The molecular weight excluding hydrogens is 212 g/mol. The van der Waals surface area contributed by atoms with Gasteiger partial charge in [0.2, 0.25) is 0 Å². The van der Waals surface area contributed by atoms with Crippen molar-refractivity contribution in [1.82, 2.24) is 9.97 Å². The van der Waals surface area contributed by atoms with Crippen LogP contribution < -0.4 is 10.6 Å². The van der Waals surface area contributed by atoms with Gasteiger partial charge in [-0.2, -0.15) is 0 Å². The molecule has 0 aromatic carbocycles. The highest BCUT2D eigenvalue weighted by molar-refractivity contribution is 5.56. The Bertz CT molecular complexity index is 356. The van der Waals surface area contributed by atoms with Gasteiger partial charge in [0.1, 0.15) is 18.0 Å². The van der Waals surface area contributed by atoms with Crippen molar-refractivity contribution in [2.75, 3.05) is 17.7 Å². The first-order chi connectivity index (χ1) is 8.31. The highest BCUT2D eigenvalue weighted by Gasteiger charge is 2.14. The zero-order chi connectivity index (χ0) is 12.1. The number of rotatable bonds is 3. The third-order valence-electron chi connectivity index (χ3n) is 3.52. The third-order valence-corrected chi connectivity index (χ3v) is 3.52. The van der Waals surface area contributed by atoms with Gasteiger partial charge in [-0.25, -0.2) is 9.97 Å². The lowest BCUT2D eigenvalue weighted by Crippen LogP contribution is -2.20. The van der Waals surface area contributed by atoms with Crippen molar-refractivity contribution >= 4 is 11.6 Å². The molecule has 1 fully saturated rings. The molecule has 0 radical (unpaired) electrons. The lowest BCUT2D eigenvalue weighted by Gasteiger charge is -2.18. The molecule has 94 valence electrons. The molecule has 1 heterocycles. The van der Waals surface area contributed by atoms with E-state index in [4.69, 9.17) is 0 Å². The number of hydrogen-bond acceptors (Lipinski definition) is 4. The highest BCUT2D eigenvalue weighted by atomic mass is 15.1. The van der Waals surface area contributed by atoms with Crippen LogP contribution in [0.25, 0.3) is 0 Å². The Morgan fingerprint density at radius 3 is 2.35 bits per heavy atom. The first kappa shape index (κ1) is 12.1. The minimum absolute atomic E-state index is 0.579. The van der Waals surface area contributed by atoms with Gasteiger partial charge >= 0.3 is 0 Å².